The molecule has 0 radical (unpaired) electrons. The third-order valence-electron chi connectivity index (χ3n) is 3.68. The fraction of sp³-hybridized carbons (Fsp3) is 0.222. The second kappa shape index (κ2) is 8.48. The maximum absolute atomic E-state index is 14.4. The minimum Gasteiger partial charge on any atom is -0.351 e. The standard InChI is InChI=1S/C18H18FN3O2S2/c1-3-8-24-22-18(23)13-6-4-11-10-20-26-17(11)16(13)21-15-7-5-12(25-2)9-14(15)19/h4-7,9-10,21H,3,8H2,1-2H3,(H,22,23). The van der Waals surface area contributed by atoms with Crippen molar-refractivity contribution in [3.05, 3.63) is 47.9 Å². The van der Waals surface area contributed by atoms with Gasteiger partial charge in [-0.1, -0.05) is 13.0 Å². The molecular formula is C18H18FN3O2S2. The first kappa shape index (κ1) is 18.6. The highest BCUT2D eigenvalue weighted by molar-refractivity contribution is 7.98. The van der Waals surface area contributed by atoms with Crippen molar-refractivity contribution in [1.29, 1.82) is 0 Å². The van der Waals surface area contributed by atoms with Crippen LogP contribution in [0.1, 0.15) is 23.7 Å². The zero-order valence-electron chi connectivity index (χ0n) is 14.3. The maximum atomic E-state index is 14.4. The number of nitrogens with zero attached hydrogens (tertiary/aromatic N) is 1. The van der Waals surface area contributed by atoms with E-state index >= 15 is 0 Å². The summed E-state index contributed by atoms with van der Waals surface area (Å²) in [5.74, 6) is -0.774. The van der Waals surface area contributed by atoms with Gasteiger partial charge in [-0.3, -0.25) is 9.63 Å². The van der Waals surface area contributed by atoms with Crippen LogP contribution in [0.15, 0.2) is 41.4 Å². The average molecular weight is 391 g/mol. The summed E-state index contributed by atoms with van der Waals surface area (Å²) < 4.78 is 19.4. The van der Waals surface area contributed by atoms with Crippen LogP contribution >= 0.6 is 23.3 Å². The summed E-state index contributed by atoms with van der Waals surface area (Å²) in [5.41, 5.74) is 3.60. The number of amides is 1. The van der Waals surface area contributed by atoms with Crippen LogP contribution in [0.25, 0.3) is 10.1 Å². The minimum absolute atomic E-state index is 0.298. The van der Waals surface area contributed by atoms with Gasteiger partial charge in [-0.05, 0) is 48.5 Å². The van der Waals surface area contributed by atoms with Crippen LogP contribution < -0.4 is 10.8 Å². The van der Waals surface area contributed by atoms with Crippen LogP contribution in [0, 0.1) is 5.82 Å². The molecule has 1 aromatic heterocycles. The maximum Gasteiger partial charge on any atom is 0.277 e. The van der Waals surface area contributed by atoms with Crippen LogP contribution in [0.3, 0.4) is 0 Å². The number of fused-ring (bicyclic) bond motifs is 1. The van der Waals surface area contributed by atoms with Crippen molar-refractivity contribution in [3.63, 3.8) is 0 Å². The summed E-state index contributed by atoms with van der Waals surface area (Å²) >= 11 is 2.71. The first-order valence-corrected chi connectivity index (χ1v) is 10.0. The Morgan fingerprint density at radius 3 is 2.92 bits per heavy atom. The number of halogens is 1. The molecule has 0 aliphatic rings. The Bertz CT molecular complexity index is 930. The lowest BCUT2D eigenvalue weighted by molar-refractivity contribution is 0.0316. The van der Waals surface area contributed by atoms with Gasteiger partial charge >= 0.3 is 0 Å². The Morgan fingerprint density at radius 1 is 1.35 bits per heavy atom. The normalized spacial score (nSPS) is 10.9. The van der Waals surface area contributed by atoms with Crippen LogP contribution in [0.2, 0.25) is 0 Å². The second-order valence-corrected chi connectivity index (χ2v) is 7.16. The number of benzene rings is 2. The van der Waals surface area contributed by atoms with Gasteiger partial charge in [0.25, 0.3) is 5.91 Å². The largest absolute Gasteiger partial charge is 0.351 e. The molecule has 5 nitrogen and oxygen atoms in total. The van der Waals surface area contributed by atoms with E-state index in [0.29, 0.717) is 23.5 Å². The van der Waals surface area contributed by atoms with Gasteiger partial charge in [0.1, 0.15) is 5.82 Å². The quantitative estimate of drug-likeness (QED) is 0.338. The SMILES string of the molecule is CCCONC(=O)c1ccc2cnsc2c1Nc1ccc(SC)cc1F. The van der Waals surface area contributed by atoms with Crippen molar-refractivity contribution >= 4 is 50.7 Å². The summed E-state index contributed by atoms with van der Waals surface area (Å²) in [4.78, 5) is 18.5. The van der Waals surface area contributed by atoms with Crippen molar-refractivity contribution in [2.24, 2.45) is 0 Å². The van der Waals surface area contributed by atoms with E-state index < -0.39 is 5.91 Å². The lowest BCUT2D eigenvalue weighted by Crippen LogP contribution is -2.25. The van der Waals surface area contributed by atoms with Gasteiger partial charge in [0.15, 0.2) is 0 Å². The number of carbonyl (C=O) groups is 1. The van der Waals surface area contributed by atoms with E-state index in [9.17, 15) is 9.18 Å². The molecule has 2 N–H and O–H groups in total. The van der Waals surface area contributed by atoms with E-state index in [1.807, 2.05) is 25.3 Å². The summed E-state index contributed by atoms with van der Waals surface area (Å²) in [6.07, 6.45) is 4.39. The molecule has 0 spiro atoms. The summed E-state index contributed by atoms with van der Waals surface area (Å²) in [5, 5.41) is 3.94. The molecule has 1 amide bonds. The highest BCUT2D eigenvalue weighted by atomic mass is 32.2. The molecule has 3 rings (SSSR count). The molecular weight excluding hydrogens is 373 g/mol. The average Bonchev–Trinajstić information content (AvgIpc) is 3.12. The fourth-order valence-electron chi connectivity index (χ4n) is 2.38. The van der Waals surface area contributed by atoms with Gasteiger partial charge in [-0.2, -0.15) is 4.37 Å². The Kier molecular flexibility index (Phi) is 6.08. The summed E-state index contributed by atoms with van der Waals surface area (Å²) in [6.45, 7) is 2.37. The van der Waals surface area contributed by atoms with Gasteiger partial charge in [0.2, 0.25) is 0 Å². The van der Waals surface area contributed by atoms with Gasteiger partial charge in [0.05, 0.1) is 28.2 Å². The number of hydrogen-bond acceptors (Lipinski definition) is 6. The third-order valence-corrected chi connectivity index (χ3v) is 5.23. The first-order chi connectivity index (χ1) is 12.6. The van der Waals surface area contributed by atoms with Crippen molar-refractivity contribution in [1.82, 2.24) is 9.85 Å². The van der Waals surface area contributed by atoms with E-state index in [1.165, 1.54) is 29.4 Å². The lowest BCUT2D eigenvalue weighted by atomic mass is 10.1. The summed E-state index contributed by atoms with van der Waals surface area (Å²) in [6, 6.07) is 8.44. The zero-order valence-corrected chi connectivity index (χ0v) is 16.0. The Hall–Kier alpha value is -2.16. The molecule has 0 aliphatic carbocycles. The van der Waals surface area contributed by atoms with Gasteiger partial charge in [-0.25, -0.2) is 9.87 Å². The molecule has 0 unspecified atom stereocenters. The number of nitrogens with one attached hydrogen (secondary N) is 2. The smallest absolute Gasteiger partial charge is 0.277 e. The van der Waals surface area contributed by atoms with E-state index in [1.54, 1.807) is 18.3 Å². The van der Waals surface area contributed by atoms with E-state index in [4.69, 9.17) is 4.84 Å². The van der Waals surface area contributed by atoms with Crippen LogP contribution in [0.4, 0.5) is 15.8 Å². The molecule has 26 heavy (non-hydrogen) atoms. The molecule has 1 heterocycles. The Morgan fingerprint density at radius 2 is 2.19 bits per heavy atom. The highest BCUT2D eigenvalue weighted by Crippen LogP contribution is 2.34. The number of hydroxylamine groups is 1. The highest BCUT2D eigenvalue weighted by Gasteiger charge is 2.17. The first-order valence-electron chi connectivity index (χ1n) is 8.04. The number of thioether (sulfide) groups is 1. The van der Waals surface area contributed by atoms with Crippen molar-refractivity contribution in [2.75, 3.05) is 18.2 Å². The van der Waals surface area contributed by atoms with Gasteiger partial charge in [-0.15, -0.1) is 11.8 Å². The third kappa shape index (κ3) is 3.98. The van der Waals surface area contributed by atoms with Gasteiger partial charge < -0.3 is 5.32 Å². The number of carbonyl (C=O) groups excluding carboxylic acids is 1. The molecule has 2 aromatic carbocycles. The molecule has 0 saturated heterocycles. The number of anilines is 2. The zero-order chi connectivity index (χ0) is 18.5. The lowest BCUT2D eigenvalue weighted by Gasteiger charge is -2.14. The predicted molar refractivity (Wildman–Crippen MR) is 105 cm³/mol. The van der Waals surface area contributed by atoms with Crippen LogP contribution in [0.5, 0.6) is 0 Å². The Balaban J connectivity index is 1.98. The molecule has 0 atom stereocenters. The van der Waals surface area contributed by atoms with Gasteiger partial charge in [0, 0.05) is 16.5 Å². The van der Waals surface area contributed by atoms with E-state index in [2.05, 4.69) is 15.2 Å². The van der Waals surface area contributed by atoms with E-state index in [-0.39, 0.29) is 5.82 Å². The van der Waals surface area contributed by atoms with Crippen LogP contribution in [-0.4, -0.2) is 23.1 Å². The van der Waals surface area contributed by atoms with Crippen LogP contribution in [-0.2, 0) is 4.84 Å². The molecule has 0 saturated carbocycles. The van der Waals surface area contributed by atoms with Crippen molar-refractivity contribution in [3.8, 4) is 0 Å². The van der Waals surface area contributed by atoms with E-state index in [0.717, 1.165) is 21.4 Å². The Labute approximate surface area is 159 Å². The fourth-order valence-corrected chi connectivity index (χ4v) is 3.56. The molecule has 136 valence electrons. The molecule has 0 aliphatic heterocycles. The monoisotopic (exact) mass is 391 g/mol. The minimum atomic E-state index is -0.391. The number of rotatable bonds is 7. The number of aromatic nitrogens is 1. The molecule has 0 fully saturated rings. The second-order valence-electron chi connectivity index (χ2n) is 5.48. The molecule has 0 bridgehead atoms. The van der Waals surface area contributed by atoms with Crippen molar-refractivity contribution < 1.29 is 14.0 Å². The summed E-state index contributed by atoms with van der Waals surface area (Å²) in [7, 11) is 0. The topological polar surface area (TPSA) is 63.2 Å². The molecule has 3 aromatic rings. The predicted octanol–water partition coefficient (Wildman–Crippen LogP) is 4.97. The number of hydrogen-bond donors (Lipinski definition) is 2. The molecule has 8 heteroatoms. The van der Waals surface area contributed by atoms with Crippen molar-refractivity contribution in [2.45, 2.75) is 18.2 Å².